The van der Waals surface area contributed by atoms with Gasteiger partial charge < -0.3 is 5.32 Å². The Hall–Kier alpha value is -2.73. The molecule has 5 nitrogen and oxygen atoms in total. The van der Waals surface area contributed by atoms with Crippen LogP contribution in [-0.2, 0) is 6.54 Å². The molecular formula is C18H17N3O2S. The zero-order valence-electron chi connectivity index (χ0n) is 13.3. The van der Waals surface area contributed by atoms with Crippen molar-refractivity contribution in [2.24, 2.45) is 0 Å². The highest BCUT2D eigenvalue weighted by molar-refractivity contribution is 7.20. The van der Waals surface area contributed by atoms with Gasteiger partial charge >= 0.3 is 0 Å². The maximum atomic E-state index is 12.8. The Balaban J connectivity index is 2.02. The van der Waals surface area contributed by atoms with Crippen LogP contribution in [0.1, 0.15) is 20.8 Å². The van der Waals surface area contributed by atoms with Crippen molar-refractivity contribution in [1.29, 1.82) is 0 Å². The van der Waals surface area contributed by atoms with Crippen molar-refractivity contribution < 1.29 is 4.79 Å². The summed E-state index contributed by atoms with van der Waals surface area (Å²) in [7, 11) is 0. The number of aryl methyl sites for hydroxylation is 1. The number of hydrogen-bond donors (Lipinski definition) is 1. The number of carbonyl (C=O) groups excluding carboxylic acids is 1. The molecule has 0 saturated heterocycles. The molecule has 1 amide bonds. The molecule has 0 unspecified atom stereocenters. The summed E-state index contributed by atoms with van der Waals surface area (Å²) in [5, 5.41) is 3.26. The van der Waals surface area contributed by atoms with E-state index in [1.54, 1.807) is 23.9 Å². The molecule has 0 bridgehead atoms. The number of aromatic nitrogens is 2. The molecule has 0 aliphatic rings. The minimum Gasteiger partial charge on any atom is -0.348 e. The number of fused-ring (bicyclic) bond motifs is 1. The van der Waals surface area contributed by atoms with E-state index in [-0.39, 0.29) is 11.5 Å². The number of benzene rings is 1. The number of thiophene rings is 1. The van der Waals surface area contributed by atoms with Gasteiger partial charge in [-0.2, -0.15) is 0 Å². The molecule has 2 aromatic heterocycles. The summed E-state index contributed by atoms with van der Waals surface area (Å²) in [6.45, 7) is 6.21. The van der Waals surface area contributed by atoms with E-state index in [1.165, 1.54) is 11.3 Å². The summed E-state index contributed by atoms with van der Waals surface area (Å²) in [6, 6.07) is 9.73. The van der Waals surface area contributed by atoms with Crippen molar-refractivity contribution in [3.8, 4) is 0 Å². The number of rotatable bonds is 5. The molecule has 1 N–H and O–H groups in total. The summed E-state index contributed by atoms with van der Waals surface area (Å²) >= 11 is 1.24. The van der Waals surface area contributed by atoms with Crippen LogP contribution < -0.4 is 10.9 Å². The van der Waals surface area contributed by atoms with Gasteiger partial charge in [-0.3, -0.25) is 14.2 Å². The Bertz CT molecular complexity index is 958. The molecule has 0 fully saturated rings. The number of nitrogens with zero attached hydrogens (tertiary/aromatic N) is 2. The van der Waals surface area contributed by atoms with Crippen molar-refractivity contribution in [3.63, 3.8) is 0 Å². The second-order valence-corrected chi connectivity index (χ2v) is 6.40. The van der Waals surface area contributed by atoms with E-state index in [4.69, 9.17) is 0 Å². The summed E-state index contributed by atoms with van der Waals surface area (Å²) in [5.41, 5.74) is 1.58. The van der Waals surface area contributed by atoms with Crippen LogP contribution in [0.3, 0.4) is 0 Å². The number of amides is 1. The fraction of sp³-hybridized carbons (Fsp3) is 0.167. The van der Waals surface area contributed by atoms with Crippen LogP contribution in [0.5, 0.6) is 0 Å². The quantitative estimate of drug-likeness (QED) is 0.727. The van der Waals surface area contributed by atoms with Crippen molar-refractivity contribution in [3.05, 3.63) is 75.7 Å². The Morgan fingerprint density at radius 2 is 2.12 bits per heavy atom. The van der Waals surface area contributed by atoms with Crippen molar-refractivity contribution in [2.45, 2.75) is 13.5 Å². The molecule has 3 aromatic rings. The van der Waals surface area contributed by atoms with E-state index >= 15 is 0 Å². The zero-order chi connectivity index (χ0) is 17.1. The topological polar surface area (TPSA) is 64.0 Å². The Morgan fingerprint density at radius 1 is 1.38 bits per heavy atom. The average Bonchev–Trinajstić information content (AvgIpc) is 2.94. The van der Waals surface area contributed by atoms with Gasteiger partial charge in [0.05, 0.1) is 23.1 Å². The molecule has 0 aliphatic heterocycles. The molecule has 0 aliphatic carbocycles. The lowest BCUT2D eigenvalue weighted by Gasteiger charge is -2.05. The fourth-order valence-electron chi connectivity index (χ4n) is 2.51. The minimum atomic E-state index is -0.204. The smallest absolute Gasteiger partial charge is 0.262 e. The molecule has 2 heterocycles. The molecule has 3 rings (SSSR count). The Morgan fingerprint density at radius 3 is 2.83 bits per heavy atom. The lowest BCUT2D eigenvalue weighted by Crippen LogP contribution is -2.23. The first kappa shape index (κ1) is 16.1. The van der Waals surface area contributed by atoms with Gasteiger partial charge in [-0.05, 0) is 18.1 Å². The summed E-state index contributed by atoms with van der Waals surface area (Å²) in [4.78, 5) is 30.5. The molecule has 6 heteroatoms. The van der Waals surface area contributed by atoms with Gasteiger partial charge in [0.1, 0.15) is 4.83 Å². The van der Waals surface area contributed by atoms with Gasteiger partial charge in [0.2, 0.25) is 0 Å². The Kier molecular flexibility index (Phi) is 4.57. The average molecular weight is 339 g/mol. The lowest BCUT2D eigenvalue weighted by atomic mass is 10.2. The van der Waals surface area contributed by atoms with E-state index in [1.807, 2.05) is 30.3 Å². The molecule has 24 heavy (non-hydrogen) atoms. The maximum absolute atomic E-state index is 12.8. The van der Waals surface area contributed by atoms with E-state index in [9.17, 15) is 9.59 Å². The second kappa shape index (κ2) is 6.80. The van der Waals surface area contributed by atoms with Crippen LogP contribution in [0.4, 0.5) is 0 Å². The first-order valence-corrected chi connectivity index (χ1v) is 8.35. The third kappa shape index (κ3) is 3.00. The van der Waals surface area contributed by atoms with E-state index < -0.39 is 0 Å². The first-order chi connectivity index (χ1) is 11.6. The lowest BCUT2D eigenvalue weighted by molar-refractivity contribution is 0.0961. The number of hydrogen-bond acceptors (Lipinski definition) is 4. The maximum Gasteiger partial charge on any atom is 0.262 e. The van der Waals surface area contributed by atoms with Crippen LogP contribution in [0.25, 0.3) is 10.2 Å². The number of nitrogens with one attached hydrogen (secondary N) is 1. The summed E-state index contributed by atoms with van der Waals surface area (Å²) in [6.07, 6.45) is 3.16. The highest BCUT2D eigenvalue weighted by atomic mass is 32.1. The predicted octanol–water partition coefficient (Wildman–Crippen LogP) is 2.73. The molecule has 1 aromatic carbocycles. The molecule has 122 valence electrons. The predicted molar refractivity (Wildman–Crippen MR) is 96.7 cm³/mol. The van der Waals surface area contributed by atoms with Crippen molar-refractivity contribution >= 4 is 27.5 Å². The third-order valence-corrected chi connectivity index (χ3v) is 4.92. The van der Waals surface area contributed by atoms with E-state index in [0.717, 1.165) is 5.56 Å². The molecule has 0 spiro atoms. The number of carbonyl (C=O) groups is 1. The second-order valence-electron chi connectivity index (χ2n) is 5.40. The van der Waals surface area contributed by atoms with Crippen molar-refractivity contribution in [1.82, 2.24) is 14.9 Å². The van der Waals surface area contributed by atoms with Gasteiger partial charge in [0, 0.05) is 6.54 Å². The first-order valence-electron chi connectivity index (χ1n) is 7.53. The van der Waals surface area contributed by atoms with Gasteiger partial charge in [-0.15, -0.1) is 17.9 Å². The SMILES string of the molecule is C=CCNC(=O)c1sc2ncn(Cc3ccccc3)c(=O)c2c1C. The Labute approximate surface area is 143 Å². The van der Waals surface area contributed by atoms with Gasteiger partial charge in [0.25, 0.3) is 11.5 Å². The van der Waals surface area contributed by atoms with Crippen LogP contribution >= 0.6 is 11.3 Å². The van der Waals surface area contributed by atoms with Gasteiger partial charge in [-0.1, -0.05) is 36.4 Å². The van der Waals surface area contributed by atoms with Gasteiger partial charge in [0.15, 0.2) is 0 Å². The van der Waals surface area contributed by atoms with Crippen LogP contribution in [0.15, 0.2) is 54.1 Å². The summed E-state index contributed by atoms with van der Waals surface area (Å²) in [5.74, 6) is -0.204. The fourth-order valence-corrected chi connectivity index (χ4v) is 3.57. The molecule has 0 radical (unpaired) electrons. The van der Waals surface area contributed by atoms with Crippen LogP contribution in [0.2, 0.25) is 0 Å². The van der Waals surface area contributed by atoms with Crippen LogP contribution in [0, 0.1) is 6.92 Å². The standard InChI is InChI=1S/C18H17N3O2S/c1-3-9-19-16(22)15-12(2)14-17(24-15)20-11-21(18(14)23)10-13-7-5-4-6-8-13/h3-8,11H,1,9-10H2,2H3,(H,19,22). The third-order valence-electron chi connectivity index (χ3n) is 3.73. The largest absolute Gasteiger partial charge is 0.348 e. The highest BCUT2D eigenvalue weighted by Crippen LogP contribution is 2.26. The molecule has 0 atom stereocenters. The highest BCUT2D eigenvalue weighted by Gasteiger charge is 2.19. The van der Waals surface area contributed by atoms with Crippen LogP contribution in [-0.4, -0.2) is 22.0 Å². The minimum absolute atomic E-state index is 0.125. The normalized spacial score (nSPS) is 10.7. The summed E-state index contributed by atoms with van der Waals surface area (Å²) < 4.78 is 1.57. The van der Waals surface area contributed by atoms with E-state index in [2.05, 4.69) is 16.9 Å². The van der Waals surface area contributed by atoms with E-state index in [0.29, 0.717) is 33.7 Å². The van der Waals surface area contributed by atoms with Crippen molar-refractivity contribution in [2.75, 3.05) is 6.54 Å². The molecular weight excluding hydrogens is 322 g/mol. The van der Waals surface area contributed by atoms with Gasteiger partial charge in [-0.25, -0.2) is 4.98 Å². The monoisotopic (exact) mass is 339 g/mol. The molecule has 0 saturated carbocycles. The zero-order valence-corrected chi connectivity index (χ0v) is 14.1.